The van der Waals surface area contributed by atoms with E-state index in [-0.39, 0.29) is 11.9 Å². The molecule has 0 aliphatic carbocycles. The van der Waals surface area contributed by atoms with Gasteiger partial charge in [-0.15, -0.1) is 0 Å². The minimum absolute atomic E-state index is 0.141. The molecular formula is C17H18F3N3O3S. The molecule has 1 saturated heterocycles. The average Bonchev–Trinajstić information content (AvgIpc) is 2.62. The van der Waals surface area contributed by atoms with Crippen LogP contribution in [0, 0.1) is 0 Å². The summed E-state index contributed by atoms with van der Waals surface area (Å²) in [4.78, 5) is 7.78. The molecule has 146 valence electrons. The molecule has 6 nitrogen and oxygen atoms in total. The first-order valence-corrected chi connectivity index (χ1v) is 9.91. The van der Waals surface area contributed by atoms with Crippen molar-refractivity contribution in [2.45, 2.75) is 30.9 Å². The normalized spacial score (nSPS) is 17.0. The van der Waals surface area contributed by atoms with Gasteiger partial charge < -0.3 is 4.74 Å². The van der Waals surface area contributed by atoms with Gasteiger partial charge in [-0.05, 0) is 30.5 Å². The summed E-state index contributed by atoms with van der Waals surface area (Å²) >= 11 is 0. The van der Waals surface area contributed by atoms with Crippen LogP contribution in [0.3, 0.4) is 0 Å². The van der Waals surface area contributed by atoms with Gasteiger partial charge in [-0.1, -0.05) is 12.1 Å². The molecule has 1 aliphatic rings. The Bertz CT molecular complexity index is 850. The largest absolute Gasteiger partial charge is 0.474 e. The standard InChI is InChI=1S/C17H18F3N3O3S/c18-17(19,20)14-3-1-13(2-4-14)11-27(24,25)23-9-6-15(7-10-23)26-16-5-8-21-12-22-16/h1-5,8,12,15H,6-7,9-11H2. The second-order valence-electron chi connectivity index (χ2n) is 6.21. The zero-order valence-corrected chi connectivity index (χ0v) is 15.1. The maximum absolute atomic E-state index is 12.6. The summed E-state index contributed by atoms with van der Waals surface area (Å²) in [6, 6.07) is 5.82. The van der Waals surface area contributed by atoms with Gasteiger partial charge in [-0.2, -0.15) is 13.2 Å². The van der Waals surface area contributed by atoms with Crippen molar-refractivity contribution >= 4 is 10.0 Å². The molecule has 1 aliphatic heterocycles. The Labute approximate surface area is 155 Å². The molecule has 0 unspecified atom stereocenters. The molecular weight excluding hydrogens is 383 g/mol. The molecule has 0 amide bonds. The Morgan fingerprint density at radius 2 is 1.78 bits per heavy atom. The minimum Gasteiger partial charge on any atom is -0.474 e. The maximum atomic E-state index is 12.6. The van der Waals surface area contributed by atoms with Crippen molar-refractivity contribution in [2.75, 3.05) is 13.1 Å². The third-order valence-corrected chi connectivity index (χ3v) is 6.12. The van der Waals surface area contributed by atoms with E-state index in [2.05, 4.69) is 9.97 Å². The van der Waals surface area contributed by atoms with Crippen LogP contribution < -0.4 is 4.74 Å². The lowest BCUT2D eigenvalue weighted by atomic mass is 10.1. The van der Waals surface area contributed by atoms with Crippen LogP contribution in [0.4, 0.5) is 13.2 Å². The molecule has 2 aromatic rings. The molecule has 10 heteroatoms. The number of piperidine rings is 1. The van der Waals surface area contributed by atoms with Crippen molar-refractivity contribution < 1.29 is 26.3 Å². The van der Waals surface area contributed by atoms with E-state index in [1.54, 1.807) is 12.3 Å². The number of nitrogens with zero attached hydrogens (tertiary/aromatic N) is 3. The number of aromatic nitrogens is 2. The van der Waals surface area contributed by atoms with Gasteiger partial charge in [0.2, 0.25) is 15.9 Å². The van der Waals surface area contributed by atoms with Crippen molar-refractivity contribution in [3.05, 3.63) is 54.0 Å². The van der Waals surface area contributed by atoms with Gasteiger partial charge in [0.05, 0.1) is 11.3 Å². The van der Waals surface area contributed by atoms with Crippen LogP contribution in [-0.4, -0.2) is 41.9 Å². The molecule has 1 aromatic carbocycles. The monoisotopic (exact) mass is 401 g/mol. The van der Waals surface area contributed by atoms with E-state index < -0.39 is 21.8 Å². The van der Waals surface area contributed by atoms with Gasteiger partial charge in [0.25, 0.3) is 0 Å². The zero-order chi connectivity index (χ0) is 19.5. The van der Waals surface area contributed by atoms with Gasteiger partial charge >= 0.3 is 6.18 Å². The molecule has 0 N–H and O–H groups in total. The highest BCUT2D eigenvalue weighted by Gasteiger charge is 2.31. The molecule has 0 spiro atoms. The van der Waals surface area contributed by atoms with Crippen molar-refractivity contribution in [1.82, 2.24) is 14.3 Å². The summed E-state index contributed by atoms with van der Waals surface area (Å²) in [5, 5.41) is 0. The lowest BCUT2D eigenvalue weighted by Crippen LogP contribution is -2.42. The zero-order valence-electron chi connectivity index (χ0n) is 14.3. The number of ether oxygens (including phenoxy) is 1. The highest BCUT2D eigenvalue weighted by atomic mass is 32.2. The average molecular weight is 401 g/mol. The van der Waals surface area contributed by atoms with E-state index in [0.29, 0.717) is 37.4 Å². The lowest BCUT2D eigenvalue weighted by molar-refractivity contribution is -0.137. The quantitative estimate of drug-likeness (QED) is 0.770. The Hall–Kier alpha value is -2.20. The molecule has 0 bridgehead atoms. The summed E-state index contributed by atoms with van der Waals surface area (Å²) in [5.41, 5.74) is -0.478. The maximum Gasteiger partial charge on any atom is 0.416 e. The number of hydrogen-bond acceptors (Lipinski definition) is 5. The first-order valence-electron chi connectivity index (χ1n) is 8.31. The van der Waals surface area contributed by atoms with Crippen LogP contribution in [0.25, 0.3) is 0 Å². The number of benzene rings is 1. The molecule has 3 rings (SSSR count). The smallest absolute Gasteiger partial charge is 0.416 e. The van der Waals surface area contributed by atoms with Crippen LogP contribution in [-0.2, 0) is 22.0 Å². The lowest BCUT2D eigenvalue weighted by Gasteiger charge is -2.31. The fraction of sp³-hybridized carbons (Fsp3) is 0.412. The van der Waals surface area contributed by atoms with E-state index in [4.69, 9.17) is 4.74 Å². The van der Waals surface area contributed by atoms with E-state index in [0.717, 1.165) is 12.1 Å². The van der Waals surface area contributed by atoms with Gasteiger partial charge in [0.1, 0.15) is 12.4 Å². The van der Waals surface area contributed by atoms with Crippen LogP contribution in [0.1, 0.15) is 24.0 Å². The second-order valence-corrected chi connectivity index (χ2v) is 8.18. The Kier molecular flexibility index (Phi) is 5.66. The predicted molar refractivity (Wildman–Crippen MR) is 91.3 cm³/mol. The van der Waals surface area contributed by atoms with E-state index in [1.807, 2.05) is 0 Å². The number of hydrogen-bond donors (Lipinski definition) is 0. The topological polar surface area (TPSA) is 72.4 Å². The van der Waals surface area contributed by atoms with Crippen molar-refractivity contribution in [1.29, 1.82) is 0 Å². The van der Waals surface area contributed by atoms with Crippen LogP contribution >= 0.6 is 0 Å². The molecule has 2 heterocycles. The summed E-state index contributed by atoms with van der Waals surface area (Å²) in [6.07, 6.45) is -0.627. The molecule has 1 aromatic heterocycles. The third-order valence-electron chi connectivity index (χ3n) is 4.27. The van der Waals surface area contributed by atoms with Gasteiger partial charge in [0.15, 0.2) is 0 Å². The van der Waals surface area contributed by atoms with Gasteiger partial charge in [-0.25, -0.2) is 22.7 Å². The summed E-state index contributed by atoms with van der Waals surface area (Å²) < 4.78 is 69.9. The summed E-state index contributed by atoms with van der Waals surface area (Å²) in [6.45, 7) is 0.581. The summed E-state index contributed by atoms with van der Waals surface area (Å²) in [7, 11) is -3.61. The van der Waals surface area contributed by atoms with Crippen LogP contribution in [0.5, 0.6) is 5.88 Å². The highest BCUT2D eigenvalue weighted by Crippen LogP contribution is 2.29. The van der Waals surface area contributed by atoms with Crippen molar-refractivity contribution in [3.8, 4) is 5.88 Å². The second kappa shape index (κ2) is 7.81. The van der Waals surface area contributed by atoms with E-state index >= 15 is 0 Å². The van der Waals surface area contributed by atoms with Crippen LogP contribution in [0.15, 0.2) is 42.9 Å². The fourth-order valence-corrected chi connectivity index (χ4v) is 4.40. The first kappa shape index (κ1) is 19.6. The first-order chi connectivity index (χ1) is 12.7. The Balaban J connectivity index is 1.57. The van der Waals surface area contributed by atoms with Crippen molar-refractivity contribution in [3.63, 3.8) is 0 Å². The number of alkyl halides is 3. The van der Waals surface area contributed by atoms with Crippen LogP contribution in [0.2, 0.25) is 0 Å². The summed E-state index contributed by atoms with van der Waals surface area (Å²) in [5.74, 6) is 0.110. The number of rotatable bonds is 5. The molecule has 0 atom stereocenters. The fourth-order valence-electron chi connectivity index (χ4n) is 2.84. The molecule has 0 radical (unpaired) electrons. The Morgan fingerprint density at radius 1 is 1.11 bits per heavy atom. The molecule has 0 saturated carbocycles. The van der Waals surface area contributed by atoms with Gasteiger partial charge in [-0.3, -0.25) is 0 Å². The predicted octanol–water partition coefficient (Wildman–Crippen LogP) is 2.87. The van der Waals surface area contributed by atoms with Crippen molar-refractivity contribution in [2.24, 2.45) is 0 Å². The highest BCUT2D eigenvalue weighted by molar-refractivity contribution is 7.88. The van der Waals surface area contributed by atoms with E-state index in [9.17, 15) is 21.6 Å². The third kappa shape index (κ3) is 5.16. The Morgan fingerprint density at radius 3 is 2.33 bits per heavy atom. The minimum atomic E-state index is -4.44. The number of sulfonamides is 1. The van der Waals surface area contributed by atoms with Gasteiger partial charge in [0, 0.05) is 25.4 Å². The molecule has 27 heavy (non-hydrogen) atoms. The molecule has 1 fully saturated rings. The number of halogens is 3. The van der Waals surface area contributed by atoms with E-state index in [1.165, 1.54) is 22.8 Å². The SMILES string of the molecule is O=S(=O)(Cc1ccc(C(F)(F)F)cc1)N1CCC(Oc2ccncn2)CC1.